The number of rotatable bonds is 6. The Balaban J connectivity index is 0.000000297. The molecule has 0 heterocycles. The van der Waals surface area contributed by atoms with Crippen molar-refractivity contribution in [3.63, 3.8) is 0 Å². The summed E-state index contributed by atoms with van der Waals surface area (Å²) < 4.78 is 15.0. The summed E-state index contributed by atoms with van der Waals surface area (Å²) in [5, 5.41) is 12.1. The quantitative estimate of drug-likeness (QED) is 0.376. The number of nitrogens with one attached hydrogen (secondary N) is 1. The van der Waals surface area contributed by atoms with Crippen LogP contribution >= 0.6 is 27.5 Å². The standard InChI is InChI=1S/C16H15ClFNO2.C8H9Br/c1-2-10-6-7-14(11(8-10)9-15(20)21)19-16-12(17)4-3-5-13(16)18;1-2-7-3-5-8(9)6-4-7/h3-8,19H,2,9H2,1H3,(H,20,21);3-6H,2H2,1H3. The molecule has 2 N–H and O–H groups in total. The van der Waals surface area contributed by atoms with Crippen molar-refractivity contribution in [1.29, 1.82) is 0 Å². The normalized spacial score (nSPS) is 10.2. The third kappa shape index (κ3) is 7.15. The second-order valence-corrected chi connectivity index (χ2v) is 7.94. The molecule has 0 saturated heterocycles. The summed E-state index contributed by atoms with van der Waals surface area (Å²) >= 11 is 9.35. The minimum Gasteiger partial charge on any atom is -0.481 e. The monoisotopic (exact) mass is 491 g/mol. The summed E-state index contributed by atoms with van der Waals surface area (Å²) in [6, 6.07) is 18.2. The molecule has 0 radical (unpaired) electrons. The van der Waals surface area contributed by atoms with Crippen LogP contribution in [0.4, 0.5) is 15.8 Å². The van der Waals surface area contributed by atoms with E-state index in [1.807, 2.05) is 19.1 Å². The van der Waals surface area contributed by atoms with E-state index in [-0.39, 0.29) is 17.1 Å². The number of carboxylic acids is 1. The number of carbonyl (C=O) groups is 1. The van der Waals surface area contributed by atoms with E-state index < -0.39 is 11.8 Å². The zero-order valence-corrected chi connectivity index (χ0v) is 19.2. The first-order valence-corrected chi connectivity index (χ1v) is 10.8. The lowest BCUT2D eigenvalue weighted by atomic mass is 10.0. The number of halogens is 3. The van der Waals surface area contributed by atoms with Gasteiger partial charge in [-0.15, -0.1) is 0 Å². The largest absolute Gasteiger partial charge is 0.481 e. The predicted octanol–water partition coefficient (Wildman–Crippen LogP) is 7.42. The summed E-state index contributed by atoms with van der Waals surface area (Å²) in [6.45, 7) is 4.14. The van der Waals surface area contributed by atoms with Gasteiger partial charge in [-0.05, 0) is 59.9 Å². The number of hydrogen-bond donors (Lipinski definition) is 2. The number of aliphatic carboxylic acids is 1. The molecule has 158 valence electrons. The number of para-hydroxylation sites is 1. The molecule has 30 heavy (non-hydrogen) atoms. The van der Waals surface area contributed by atoms with E-state index >= 15 is 0 Å². The maximum Gasteiger partial charge on any atom is 0.307 e. The van der Waals surface area contributed by atoms with Gasteiger partial charge in [-0.25, -0.2) is 4.39 Å². The third-order valence-corrected chi connectivity index (χ3v) is 5.31. The Hall–Kier alpha value is -2.37. The molecule has 6 heteroatoms. The highest BCUT2D eigenvalue weighted by Gasteiger charge is 2.12. The van der Waals surface area contributed by atoms with Gasteiger partial charge in [0.15, 0.2) is 0 Å². The highest BCUT2D eigenvalue weighted by molar-refractivity contribution is 9.10. The summed E-state index contributed by atoms with van der Waals surface area (Å²) in [6.07, 6.45) is 1.78. The second kappa shape index (κ2) is 11.7. The Kier molecular flexibility index (Phi) is 9.34. The number of anilines is 2. The van der Waals surface area contributed by atoms with Crippen LogP contribution in [0.25, 0.3) is 0 Å². The molecular formula is C24H24BrClFNO2. The Labute approximate surface area is 190 Å². The van der Waals surface area contributed by atoms with Gasteiger partial charge in [0.05, 0.1) is 17.1 Å². The maximum atomic E-state index is 13.8. The van der Waals surface area contributed by atoms with E-state index in [9.17, 15) is 9.18 Å². The average Bonchev–Trinajstić information content (AvgIpc) is 2.72. The molecule has 0 amide bonds. The van der Waals surface area contributed by atoms with Crippen LogP contribution in [0.15, 0.2) is 65.1 Å². The summed E-state index contributed by atoms with van der Waals surface area (Å²) in [5.41, 5.74) is 3.70. The maximum absolute atomic E-state index is 13.8. The molecule has 0 aliphatic heterocycles. The smallest absolute Gasteiger partial charge is 0.307 e. The molecule has 3 aromatic carbocycles. The lowest BCUT2D eigenvalue weighted by Crippen LogP contribution is -2.05. The Morgan fingerprint density at radius 1 is 1.03 bits per heavy atom. The van der Waals surface area contributed by atoms with Crippen LogP contribution < -0.4 is 5.32 Å². The number of hydrogen-bond acceptors (Lipinski definition) is 2. The molecule has 0 saturated carbocycles. The van der Waals surface area contributed by atoms with Crippen molar-refractivity contribution < 1.29 is 14.3 Å². The van der Waals surface area contributed by atoms with Crippen LogP contribution in [-0.4, -0.2) is 11.1 Å². The molecule has 0 fully saturated rings. The predicted molar refractivity (Wildman–Crippen MR) is 125 cm³/mol. The fraction of sp³-hybridized carbons (Fsp3) is 0.208. The van der Waals surface area contributed by atoms with E-state index in [0.717, 1.165) is 22.9 Å². The molecule has 3 aromatic rings. The summed E-state index contributed by atoms with van der Waals surface area (Å²) in [7, 11) is 0. The highest BCUT2D eigenvalue weighted by atomic mass is 79.9. The van der Waals surface area contributed by atoms with Gasteiger partial charge >= 0.3 is 5.97 Å². The minimum absolute atomic E-state index is 0.137. The van der Waals surface area contributed by atoms with Crippen molar-refractivity contribution in [2.24, 2.45) is 0 Å². The molecular weight excluding hydrogens is 469 g/mol. The molecule has 0 unspecified atom stereocenters. The van der Waals surface area contributed by atoms with Gasteiger partial charge in [-0.2, -0.15) is 0 Å². The van der Waals surface area contributed by atoms with Gasteiger partial charge in [-0.3, -0.25) is 4.79 Å². The molecule has 0 bridgehead atoms. The first-order chi connectivity index (χ1) is 14.3. The summed E-state index contributed by atoms with van der Waals surface area (Å²) in [4.78, 5) is 11.0. The van der Waals surface area contributed by atoms with Crippen LogP contribution in [0.3, 0.4) is 0 Å². The van der Waals surface area contributed by atoms with Gasteiger partial charge < -0.3 is 10.4 Å². The zero-order chi connectivity index (χ0) is 22.1. The van der Waals surface area contributed by atoms with Gasteiger partial charge in [0.25, 0.3) is 0 Å². The van der Waals surface area contributed by atoms with Crippen molar-refractivity contribution in [1.82, 2.24) is 0 Å². The van der Waals surface area contributed by atoms with Crippen LogP contribution in [0, 0.1) is 5.82 Å². The number of carboxylic acid groups (broad SMARTS) is 1. The van der Waals surface area contributed by atoms with E-state index in [4.69, 9.17) is 16.7 Å². The van der Waals surface area contributed by atoms with Crippen LogP contribution in [0.1, 0.15) is 30.5 Å². The van der Waals surface area contributed by atoms with Crippen LogP contribution in [0.5, 0.6) is 0 Å². The SMILES string of the molecule is CCc1ccc(Br)cc1.CCc1ccc(Nc2c(F)cccc2Cl)c(CC(=O)O)c1. The van der Waals surface area contributed by atoms with E-state index in [0.29, 0.717) is 11.3 Å². The van der Waals surface area contributed by atoms with Crippen molar-refractivity contribution in [2.45, 2.75) is 33.1 Å². The third-order valence-electron chi connectivity index (χ3n) is 4.46. The Morgan fingerprint density at radius 2 is 1.67 bits per heavy atom. The molecule has 0 aliphatic carbocycles. The molecule has 0 atom stereocenters. The van der Waals surface area contributed by atoms with Crippen LogP contribution in [-0.2, 0) is 24.1 Å². The van der Waals surface area contributed by atoms with Gasteiger partial charge in [0, 0.05) is 10.2 Å². The molecule has 0 aromatic heterocycles. The Morgan fingerprint density at radius 3 is 2.23 bits per heavy atom. The summed E-state index contributed by atoms with van der Waals surface area (Å²) in [5.74, 6) is -1.42. The molecule has 3 nitrogen and oxygen atoms in total. The van der Waals surface area contributed by atoms with Crippen molar-refractivity contribution in [3.8, 4) is 0 Å². The lowest BCUT2D eigenvalue weighted by molar-refractivity contribution is -0.136. The van der Waals surface area contributed by atoms with E-state index in [2.05, 4.69) is 52.4 Å². The number of benzene rings is 3. The second-order valence-electron chi connectivity index (χ2n) is 6.62. The molecule has 3 rings (SSSR count). The topological polar surface area (TPSA) is 49.3 Å². The van der Waals surface area contributed by atoms with Gasteiger partial charge in [0.2, 0.25) is 0 Å². The fourth-order valence-electron chi connectivity index (χ4n) is 2.77. The number of aryl methyl sites for hydroxylation is 2. The van der Waals surface area contributed by atoms with Gasteiger partial charge in [-0.1, -0.05) is 71.7 Å². The van der Waals surface area contributed by atoms with E-state index in [1.54, 1.807) is 12.1 Å². The first kappa shape index (κ1) is 23.9. The van der Waals surface area contributed by atoms with Crippen molar-refractivity contribution in [3.05, 3.63) is 92.7 Å². The molecule has 0 spiro atoms. The fourth-order valence-corrected chi connectivity index (χ4v) is 3.24. The Bertz CT molecular complexity index is 973. The van der Waals surface area contributed by atoms with Gasteiger partial charge in [0.1, 0.15) is 5.82 Å². The zero-order valence-electron chi connectivity index (χ0n) is 16.9. The van der Waals surface area contributed by atoms with Crippen LogP contribution in [0.2, 0.25) is 5.02 Å². The highest BCUT2D eigenvalue weighted by Crippen LogP contribution is 2.30. The van der Waals surface area contributed by atoms with E-state index in [1.165, 1.54) is 17.7 Å². The minimum atomic E-state index is -0.939. The lowest BCUT2D eigenvalue weighted by Gasteiger charge is -2.14. The van der Waals surface area contributed by atoms with Crippen molar-refractivity contribution in [2.75, 3.05) is 5.32 Å². The average molecular weight is 493 g/mol. The molecule has 0 aliphatic rings. The first-order valence-electron chi connectivity index (χ1n) is 9.63. The van der Waals surface area contributed by atoms with Crippen molar-refractivity contribution >= 4 is 44.9 Å².